The number of hydrogen-bond donors (Lipinski definition) is 0. The summed E-state index contributed by atoms with van der Waals surface area (Å²) in [6, 6.07) is 0. The smallest absolute Gasteiger partial charge is 1.00 e. The van der Waals surface area contributed by atoms with Gasteiger partial charge in [0.15, 0.2) is 0 Å². The Balaban J connectivity index is 0. The Bertz CT molecular complexity index is 6.00. The first-order valence-corrected chi connectivity index (χ1v) is 0. The molecule has 0 aromatic rings. The van der Waals surface area contributed by atoms with Crippen molar-refractivity contribution in [2.75, 3.05) is 0 Å². The molecule has 0 saturated heterocycles. The van der Waals surface area contributed by atoms with Crippen LogP contribution in [0.4, 0.5) is 0 Å². The maximum absolute atomic E-state index is 0. The zero-order valence-corrected chi connectivity index (χ0v) is 13.2. The molecule has 0 aliphatic heterocycles. The molecular weight excluding hydrogens is 384 g/mol. The molecule has 18 valence electrons. The molecule has 0 aromatic heterocycles. The van der Waals surface area contributed by atoms with Crippen molar-refractivity contribution < 1.29 is 79.8 Å². The molecule has 0 nitrogen and oxygen atoms in total. The molecule has 0 spiro atoms. The van der Waals surface area contributed by atoms with Gasteiger partial charge in [-0.25, -0.2) is 0 Å². The Labute approximate surface area is 78.6 Å². The van der Waals surface area contributed by atoms with Crippen LogP contribution in [0.3, 0.4) is 0 Å². The normalized spacial score (nSPS) is 0. The van der Waals surface area contributed by atoms with Crippen molar-refractivity contribution in [3.05, 3.63) is 0 Å². The summed E-state index contributed by atoms with van der Waals surface area (Å²) in [5.74, 6) is 0. The second kappa shape index (κ2) is 18.0. The van der Waals surface area contributed by atoms with Gasteiger partial charge in [-0.3, -0.25) is 0 Å². The van der Waals surface area contributed by atoms with Gasteiger partial charge >= 0.3 is 27.3 Å². The van der Waals surface area contributed by atoms with Crippen LogP contribution in [0.15, 0.2) is 0 Å². The molecule has 4 heavy (non-hydrogen) atoms. The van der Waals surface area contributed by atoms with Crippen LogP contribution in [0.25, 0.3) is 0 Å². The number of hydrogen-bond acceptors (Lipinski definition) is 0. The van der Waals surface area contributed by atoms with Crippen molar-refractivity contribution in [1.82, 2.24) is 0 Å². The van der Waals surface area contributed by atoms with E-state index in [1.165, 1.54) is 0 Å². The summed E-state index contributed by atoms with van der Waals surface area (Å²) >= 11 is 0. The minimum absolute atomic E-state index is 0. The molecule has 0 amide bonds. The zero-order chi connectivity index (χ0) is 0. The van der Waals surface area contributed by atoms with Gasteiger partial charge in [-0.2, -0.15) is 0 Å². The predicted octanol–water partition coefficient (Wildman–Crippen LogP) is -6.00. The molecular formula is CdCl2Hg. The number of halogens is 2. The van der Waals surface area contributed by atoms with Crippen molar-refractivity contribution in [3.8, 4) is 0 Å². The van der Waals surface area contributed by atoms with E-state index in [1.54, 1.807) is 0 Å². The van der Waals surface area contributed by atoms with E-state index < -0.39 is 0 Å². The molecule has 4 heteroatoms. The average molecular weight is 384 g/mol. The van der Waals surface area contributed by atoms with Crippen molar-refractivity contribution in [2.24, 2.45) is 0 Å². The summed E-state index contributed by atoms with van der Waals surface area (Å²) in [6.07, 6.45) is 0. The minimum Gasteiger partial charge on any atom is -1.00 e. The summed E-state index contributed by atoms with van der Waals surface area (Å²) in [5, 5.41) is 0. The van der Waals surface area contributed by atoms with Gasteiger partial charge in [-0.05, 0) is 0 Å². The molecule has 0 aliphatic carbocycles. The first-order valence-electron chi connectivity index (χ1n) is 0. The Morgan fingerprint density at radius 2 is 0.750 bits per heavy atom. The first-order chi connectivity index (χ1) is 0. The molecule has 0 unspecified atom stereocenters. The summed E-state index contributed by atoms with van der Waals surface area (Å²) < 4.78 is 0. The van der Waals surface area contributed by atoms with E-state index >= 15 is 0 Å². The Kier molecular flexibility index (Phi) is 144. The Hall–Kier alpha value is 2.44. The van der Waals surface area contributed by atoms with Crippen LogP contribution < -0.4 is 24.8 Å². The van der Waals surface area contributed by atoms with E-state index in [0.29, 0.717) is 0 Å². The maximum Gasteiger partial charge on any atom is 2.00 e. The average Bonchev–Trinajstić information content (AvgIpc) is 0. The van der Waals surface area contributed by atoms with Gasteiger partial charge in [0, 0.05) is 27.7 Å². The fourth-order valence-corrected chi connectivity index (χ4v) is 0. The van der Waals surface area contributed by atoms with Gasteiger partial charge < -0.3 is 24.8 Å². The monoisotopic (exact) mass is 386 g/mol. The summed E-state index contributed by atoms with van der Waals surface area (Å²) in [6.45, 7) is 0. The quantitative estimate of drug-likeness (QED) is 0.365. The molecule has 0 fully saturated rings. The summed E-state index contributed by atoms with van der Waals surface area (Å²) in [5.41, 5.74) is 0. The molecule has 0 radical (unpaired) electrons. The van der Waals surface area contributed by atoms with E-state index in [4.69, 9.17) is 0 Å². The van der Waals surface area contributed by atoms with Crippen LogP contribution in [0.2, 0.25) is 0 Å². The molecule has 0 N–H and O–H groups in total. The van der Waals surface area contributed by atoms with E-state index in [9.17, 15) is 0 Å². The van der Waals surface area contributed by atoms with Crippen LogP contribution in [0.1, 0.15) is 0 Å². The van der Waals surface area contributed by atoms with E-state index in [2.05, 4.69) is 0 Å². The van der Waals surface area contributed by atoms with Gasteiger partial charge in [0.25, 0.3) is 0 Å². The van der Waals surface area contributed by atoms with Gasteiger partial charge in [-0.15, -0.1) is 0 Å². The summed E-state index contributed by atoms with van der Waals surface area (Å²) in [4.78, 5) is 0. The molecule has 0 aromatic carbocycles. The molecule has 0 saturated carbocycles. The SMILES string of the molecule is [Cd+2].[Cl-].[Cl-].[Hg]. The van der Waals surface area contributed by atoms with Crippen LogP contribution >= 0.6 is 0 Å². The second-order valence-electron chi connectivity index (χ2n) is 0. The number of rotatable bonds is 0. The van der Waals surface area contributed by atoms with Crippen molar-refractivity contribution in [1.29, 1.82) is 0 Å². The van der Waals surface area contributed by atoms with Crippen LogP contribution in [-0.4, -0.2) is 0 Å². The molecule has 0 rings (SSSR count). The van der Waals surface area contributed by atoms with Crippen molar-refractivity contribution >= 4 is 0 Å². The van der Waals surface area contributed by atoms with Crippen LogP contribution in [0.5, 0.6) is 0 Å². The topological polar surface area (TPSA) is 0 Å². The zero-order valence-electron chi connectivity index (χ0n) is 2.17. The molecule has 0 atom stereocenters. The van der Waals surface area contributed by atoms with Crippen molar-refractivity contribution in [3.63, 3.8) is 0 Å². The fourth-order valence-electron chi connectivity index (χ4n) is 0. The van der Waals surface area contributed by atoms with Crippen molar-refractivity contribution in [2.45, 2.75) is 0 Å². The Morgan fingerprint density at radius 3 is 0.750 bits per heavy atom. The molecule has 0 heterocycles. The first kappa shape index (κ1) is 32.0. The molecule has 0 aliphatic rings. The van der Waals surface area contributed by atoms with Gasteiger partial charge in [0.05, 0.1) is 0 Å². The van der Waals surface area contributed by atoms with Gasteiger partial charge in [0.1, 0.15) is 0 Å². The van der Waals surface area contributed by atoms with Gasteiger partial charge in [-0.1, -0.05) is 0 Å². The van der Waals surface area contributed by atoms with E-state index in [-0.39, 0.29) is 79.8 Å². The third kappa shape index (κ3) is 8.83. The fraction of sp³-hybridized carbons (Fsp3) is 0. The van der Waals surface area contributed by atoms with Crippen LogP contribution in [0, 0.1) is 0 Å². The molecule has 0 bridgehead atoms. The third-order valence-electron chi connectivity index (χ3n) is 0. The van der Waals surface area contributed by atoms with E-state index in [0.717, 1.165) is 0 Å². The largest absolute Gasteiger partial charge is 2.00 e. The maximum atomic E-state index is 0. The van der Waals surface area contributed by atoms with Gasteiger partial charge in [0.2, 0.25) is 0 Å². The van der Waals surface area contributed by atoms with E-state index in [1.807, 2.05) is 0 Å². The third-order valence-corrected chi connectivity index (χ3v) is 0. The summed E-state index contributed by atoms with van der Waals surface area (Å²) in [7, 11) is 0. The minimum atomic E-state index is 0. The predicted molar refractivity (Wildman–Crippen MR) is 0 cm³/mol. The standard InChI is InChI=1S/Cd.2ClH.Hg/h;2*1H;/q+2;;;/p-2. The van der Waals surface area contributed by atoms with Crippen LogP contribution in [-0.2, 0) is 55.0 Å². The Morgan fingerprint density at radius 1 is 0.750 bits per heavy atom. The second-order valence-corrected chi connectivity index (χ2v) is 0.